The van der Waals surface area contributed by atoms with Gasteiger partial charge in [0.2, 0.25) is 5.91 Å². The standard InChI is InChI=1S/C21H23N3O2/c1-24-19-10-5-15(11-18(19)23-21(24)16-6-7-16)12-20(25)22-13-14-3-8-17(26-2)9-4-14/h3-5,8-11,16H,6-7,12-13H2,1-2H3,(H,22,25). The molecule has 2 aromatic carbocycles. The van der Waals surface area contributed by atoms with Crippen molar-refractivity contribution in [2.45, 2.75) is 31.7 Å². The number of benzene rings is 2. The van der Waals surface area contributed by atoms with E-state index in [0.29, 0.717) is 18.9 Å². The molecular weight excluding hydrogens is 326 g/mol. The molecule has 1 aliphatic rings. The number of amides is 1. The highest BCUT2D eigenvalue weighted by Gasteiger charge is 2.28. The van der Waals surface area contributed by atoms with Gasteiger partial charge in [0.25, 0.3) is 0 Å². The van der Waals surface area contributed by atoms with Crippen LogP contribution in [0.25, 0.3) is 11.0 Å². The predicted molar refractivity (Wildman–Crippen MR) is 101 cm³/mol. The van der Waals surface area contributed by atoms with E-state index < -0.39 is 0 Å². The van der Waals surface area contributed by atoms with Gasteiger partial charge in [0.05, 0.1) is 24.6 Å². The van der Waals surface area contributed by atoms with Gasteiger partial charge in [-0.05, 0) is 48.2 Å². The summed E-state index contributed by atoms with van der Waals surface area (Å²) >= 11 is 0. The second-order valence-electron chi connectivity index (χ2n) is 6.93. The second kappa shape index (κ2) is 6.83. The first-order valence-corrected chi connectivity index (χ1v) is 8.99. The molecule has 3 aromatic rings. The SMILES string of the molecule is COc1ccc(CNC(=O)Cc2ccc3c(c2)nc(C2CC2)n3C)cc1. The molecule has 1 fully saturated rings. The minimum absolute atomic E-state index is 0.0125. The third kappa shape index (κ3) is 3.43. The fraction of sp³-hybridized carbons (Fsp3) is 0.333. The zero-order valence-corrected chi connectivity index (χ0v) is 15.2. The van der Waals surface area contributed by atoms with Gasteiger partial charge < -0.3 is 14.6 Å². The molecule has 0 aliphatic heterocycles. The predicted octanol–water partition coefficient (Wildman–Crippen LogP) is 3.32. The van der Waals surface area contributed by atoms with Crippen LogP contribution in [0, 0.1) is 0 Å². The molecule has 1 saturated carbocycles. The molecule has 1 heterocycles. The average molecular weight is 349 g/mol. The Morgan fingerprint density at radius 1 is 1.19 bits per heavy atom. The maximum absolute atomic E-state index is 12.3. The van der Waals surface area contributed by atoms with Crippen molar-refractivity contribution in [3.63, 3.8) is 0 Å². The van der Waals surface area contributed by atoms with Crippen molar-refractivity contribution in [3.05, 3.63) is 59.4 Å². The molecule has 5 heteroatoms. The van der Waals surface area contributed by atoms with Crippen molar-refractivity contribution in [1.29, 1.82) is 0 Å². The van der Waals surface area contributed by atoms with Crippen molar-refractivity contribution < 1.29 is 9.53 Å². The highest BCUT2D eigenvalue weighted by atomic mass is 16.5. The zero-order chi connectivity index (χ0) is 18.1. The lowest BCUT2D eigenvalue weighted by Gasteiger charge is -2.07. The van der Waals surface area contributed by atoms with Gasteiger partial charge in [-0.3, -0.25) is 4.79 Å². The monoisotopic (exact) mass is 349 g/mol. The third-order valence-electron chi connectivity index (χ3n) is 4.94. The van der Waals surface area contributed by atoms with Crippen LogP contribution in [0.15, 0.2) is 42.5 Å². The Morgan fingerprint density at radius 3 is 2.62 bits per heavy atom. The van der Waals surface area contributed by atoms with Crippen LogP contribution in [-0.2, 0) is 24.8 Å². The number of ether oxygens (including phenoxy) is 1. The maximum atomic E-state index is 12.3. The number of imidazole rings is 1. The molecule has 0 bridgehead atoms. The van der Waals surface area contributed by atoms with Crippen molar-refractivity contribution in [1.82, 2.24) is 14.9 Å². The topological polar surface area (TPSA) is 56.1 Å². The number of hydrogen-bond donors (Lipinski definition) is 1. The summed E-state index contributed by atoms with van der Waals surface area (Å²) in [5.74, 6) is 2.61. The average Bonchev–Trinajstić information content (AvgIpc) is 3.45. The van der Waals surface area contributed by atoms with E-state index >= 15 is 0 Å². The highest BCUT2D eigenvalue weighted by molar-refractivity contribution is 5.82. The number of hydrogen-bond acceptors (Lipinski definition) is 3. The number of carbonyl (C=O) groups is 1. The first-order valence-electron chi connectivity index (χ1n) is 8.99. The highest BCUT2D eigenvalue weighted by Crippen LogP contribution is 2.40. The lowest BCUT2D eigenvalue weighted by Crippen LogP contribution is -2.24. The molecule has 5 nitrogen and oxygen atoms in total. The van der Waals surface area contributed by atoms with Crippen molar-refractivity contribution in [2.24, 2.45) is 7.05 Å². The number of nitrogens with zero attached hydrogens (tertiary/aromatic N) is 2. The number of fused-ring (bicyclic) bond motifs is 1. The molecule has 0 atom stereocenters. The number of methoxy groups -OCH3 is 1. The lowest BCUT2D eigenvalue weighted by atomic mass is 10.1. The smallest absolute Gasteiger partial charge is 0.224 e. The van der Waals surface area contributed by atoms with E-state index in [1.54, 1.807) is 7.11 Å². The molecule has 0 spiro atoms. The fourth-order valence-electron chi connectivity index (χ4n) is 3.27. The number of aryl methyl sites for hydroxylation is 1. The van der Waals surface area contributed by atoms with Gasteiger partial charge >= 0.3 is 0 Å². The van der Waals surface area contributed by atoms with Crippen LogP contribution in [0.5, 0.6) is 5.75 Å². The molecule has 26 heavy (non-hydrogen) atoms. The fourth-order valence-corrected chi connectivity index (χ4v) is 3.27. The summed E-state index contributed by atoms with van der Waals surface area (Å²) in [5, 5.41) is 2.97. The molecule has 1 N–H and O–H groups in total. The summed E-state index contributed by atoms with van der Waals surface area (Å²) in [5.41, 5.74) is 4.16. The minimum atomic E-state index is 0.0125. The van der Waals surface area contributed by atoms with Crippen LogP contribution in [0.3, 0.4) is 0 Å². The molecule has 1 aliphatic carbocycles. The van der Waals surface area contributed by atoms with Crippen LogP contribution in [0.4, 0.5) is 0 Å². The van der Waals surface area contributed by atoms with Crippen LogP contribution >= 0.6 is 0 Å². The van der Waals surface area contributed by atoms with E-state index in [4.69, 9.17) is 9.72 Å². The van der Waals surface area contributed by atoms with Crippen molar-refractivity contribution in [3.8, 4) is 5.75 Å². The summed E-state index contributed by atoms with van der Waals surface area (Å²) in [7, 11) is 3.72. The Kier molecular flexibility index (Phi) is 4.37. The van der Waals surface area contributed by atoms with E-state index in [1.165, 1.54) is 18.7 Å². The lowest BCUT2D eigenvalue weighted by molar-refractivity contribution is -0.120. The van der Waals surface area contributed by atoms with Gasteiger partial charge in [0.1, 0.15) is 11.6 Å². The Bertz CT molecular complexity index is 940. The van der Waals surface area contributed by atoms with Crippen LogP contribution < -0.4 is 10.1 Å². The van der Waals surface area contributed by atoms with Gasteiger partial charge in [-0.1, -0.05) is 18.2 Å². The van der Waals surface area contributed by atoms with Gasteiger partial charge in [-0.15, -0.1) is 0 Å². The van der Waals surface area contributed by atoms with Crippen LogP contribution in [0.1, 0.15) is 35.7 Å². The Labute approximate surface area is 153 Å². The van der Waals surface area contributed by atoms with Gasteiger partial charge in [0, 0.05) is 19.5 Å². The third-order valence-corrected chi connectivity index (χ3v) is 4.94. The Hall–Kier alpha value is -2.82. The van der Waals surface area contributed by atoms with Gasteiger partial charge in [-0.25, -0.2) is 4.98 Å². The molecule has 1 amide bonds. The molecular formula is C21H23N3O2. The van der Waals surface area contributed by atoms with Gasteiger partial charge in [0.15, 0.2) is 0 Å². The van der Waals surface area contributed by atoms with Crippen molar-refractivity contribution in [2.75, 3.05) is 7.11 Å². The maximum Gasteiger partial charge on any atom is 0.224 e. The van der Waals surface area contributed by atoms with Gasteiger partial charge in [-0.2, -0.15) is 0 Å². The second-order valence-corrected chi connectivity index (χ2v) is 6.93. The summed E-state index contributed by atoms with van der Waals surface area (Å²) < 4.78 is 7.32. The van der Waals surface area contributed by atoms with E-state index in [1.807, 2.05) is 36.4 Å². The summed E-state index contributed by atoms with van der Waals surface area (Å²) in [4.78, 5) is 17.0. The summed E-state index contributed by atoms with van der Waals surface area (Å²) in [6.45, 7) is 0.514. The molecule has 0 saturated heterocycles. The first-order chi connectivity index (χ1) is 12.6. The van der Waals surface area contributed by atoms with E-state index in [9.17, 15) is 4.79 Å². The molecule has 1 aromatic heterocycles. The van der Waals surface area contributed by atoms with E-state index in [-0.39, 0.29) is 5.91 Å². The number of carbonyl (C=O) groups excluding carboxylic acids is 1. The Morgan fingerprint density at radius 2 is 1.92 bits per heavy atom. The largest absolute Gasteiger partial charge is 0.497 e. The summed E-state index contributed by atoms with van der Waals surface area (Å²) in [6.07, 6.45) is 2.83. The molecule has 0 radical (unpaired) electrons. The van der Waals surface area contributed by atoms with Crippen molar-refractivity contribution >= 4 is 16.9 Å². The van der Waals surface area contributed by atoms with Crippen LogP contribution in [0.2, 0.25) is 0 Å². The number of rotatable bonds is 6. The van der Waals surface area contributed by atoms with Crippen LogP contribution in [-0.4, -0.2) is 22.6 Å². The Balaban J connectivity index is 1.40. The summed E-state index contributed by atoms with van der Waals surface area (Å²) in [6, 6.07) is 13.8. The molecule has 0 unspecified atom stereocenters. The number of nitrogens with one attached hydrogen (secondary N) is 1. The molecule has 4 rings (SSSR count). The minimum Gasteiger partial charge on any atom is -0.497 e. The normalized spacial score (nSPS) is 13.8. The van der Waals surface area contributed by atoms with E-state index in [0.717, 1.165) is 27.9 Å². The zero-order valence-electron chi connectivity index (χ0n) is 15.2. The first kappa shape index (κ1) is 16.6. The number of aromatic nitrogens is 2. The van der Waals surface area contributed by atoms with E-state index in [2.05, 4.69) is 23.0 Å². The molecule has 134 valence electrons. The quantitative estimate of drug-likeness (QED) is 0.743.